The molecule has 1 N–H and O–H groups in total. The lowest BCUT2D eigenvalue weighted by Gasteiger charge is -2.11. The van der Waals surface area contributed by atoms with Crippen molar-refractivity contribution in [2.45, 2.75) is 11.8 Å². The Bertz CT molecular complexity index is 1640. The van der Waals surface area contributed by atoms with Crippen molar-refractivity contribution in [1.29, 1.82) is 0 Å². The van der Waals surface area contributed by atoms with Gasteiger partial charge in [0.15, 0.2) is 22.5 Å². The topological polar surface area (TPSA) is 99.9 Å². The maximum atomic E-state index is 12.7. The van der Waals surface area contributed by atoms with Crippen molar-refractivity contribution in [1.82, 2.24) is 20.2 Å². The molecule has 0 aliphatic heterocycles. The number of methoxy groups -OCH3 is 2. The summed E-state index contributed by atoms with van der Waals surface area (Å²) in [6, 6.07) is 32.7. The number of hydrazone groups is 1. The fourth-order valence-electron chi connectivity index (χ4n) is 4.06. The summed E-state index contributed by atoms with van der Waals surface area (Å²) in [4.78, 5) is 12.7. The summed E-state index contributed by atoms with van der Waals surface area (Å²) in [6.45, 7) is 0.402. The Labute approximate surface area is 248 Å². The molecule has 0 fully saturated rings. The van der Waals surface area contributed by atoms with E-state index in [0.29, 0.717) is 29.1 Å². The molecule has 0 radical (unpaired) electrons. The highest BCUT2D eigenvalue weighted by Gasteiger charge is 2.17. The van der Waals surface area contributed by atoms with Gasteiger partial charge < -0.3 is 14.2 Å². The zero-order chi connectivity index (χ0) is 29.1. The number of carbonyl (C=O) groups excluding carboxylic acids is 1. The molecule has 0 atom stereocenters. The molecule has 0 aliphatic rings. The molecule has 212 valence electrons. The van der Waals surface area contributed by atoms with Gasteiger partial charge in [-0.25, -0.2) is 5.43 Å². The third-order valence-corrected chi connectivity index (χ3v) is 7.08. The van der Waals surface area contributed by atoms with Gasteiger partial charge in [0.2, 0.25) is 0 Å². The van der Waals surface area contributed by atoms with Gasteiger partial charge >= 0.3 is 0 Å². The number of carbonyl (C=O) groups is 1. The number of ether oxygens (including phenoxy) is 3. The molecule has 0 saturated carbocycles. The lowest BCUT2D eigenvalue weighted by atomic mass is 10.2. The Morgan fingerprint density at radius 1 is 0.881 bits per heavy atom. The molecular weight excluding hydrogens is 550 g/mol. The summed E-state index contributed by atoms with van der Waals surface area (Å²) in [5.74, 6) is 2.42. The standard InChI is InChI=1S/C32H29N5O4S/c1-39-27-16-14-26(15-17-27)37-31(25-11-7-4-8-12-25)35-36-32(37)42-22-30(38)34-33-20-24-13-18-28(40-2)29(19-24)41-21-23-9-5-3-6-10-23/h3-20H,21-22H2,1-2H3,(H,34,38)/b33-20+. The van der Waals surface area contributed by atoms with Crippen LogP contribution >= 0.6 is 11.8 Å². The van der Waals surface area contributed by atoms with Crippen molar-refractivity contribution in [3.05, 3.63) is 114 Å². The largest absolute Gasteiger partial charge is 0.497 e. The van der Waals surface area contributed by atoms with Crippen molar-refractivity contribution in [2.75, 3.05) is 20.0 Å². The van der Waals surface area contributed by atoms with Gasteiger partial charge in [0.05, 0.1) is 26.2 Å². The molecule has 0 unspecified atom stereocenters. The van der Waals surface area contributed by atoms with Crippen molar-refractivity contribution in [3.8, 4) is 34.3 Å². The third kappa shape index (κ3) is 7.15. The highest BCUT2D eigenvalue weighted by Crippen LogP contribution is 2.30. The molecule has 10 heteroatoms. The molecule has 1 heterocycles. The maximum Gasteiger partial charge on any atom is 0.250 e. The maximum absolute atomic E-state index is 12.7. The second-order valence-electron chi connectivity index (χ2n) is 8.97. The van der Waals surface area contributed by atoms with Crippen molar-refractivity contribution >= 4 is 23.9 Å². The minimum Gasteiger partial charge on any atom is -0.497 e. The minimum atomic E-state index is -0.282. The zero-order valence-electron chi connectivity index (χ0n) is 23.1. The summed E-state index contributed by atoms with van der Waals surface area (Å²) in [7, 11) is 3.22. The monoisotopic (exact) mass is 579 g/mol. The van der Waals surface area contributed by atoms with Crippen LogP contribution in [0.2, 0.25) is 0 Å². The average molecular weight is 580 g/mol. The van der Waals surface area contributed by atoms with E-state index < -0.39 is 0 Å². The quantitative estimate of drug-likeness (QED) is 0.114. The van der Waals surface area contributed by atoms with Gasteiger partial charge in [0.1, 0.15) is 12.4 Å². The smallest absolute Gasteiger partial charge is 0.250 e. The molecule has 4 aromatic carbocycles. The summed E-state index contributed by atoms with van der Waals surface area (Å²) >= 11 is 1.27. The van der Waals surface area contributed by atoms with Crippen LogP contribution in [0.15, 0.2) is 113 Å². The van der Waals surface area contributed by atoms with Crippen LogP contribution in [0.5, 0.6) is 17.2 Å². The fraction of sp³-hybridized carbons (Fsp3) is 0.125. The fourth-order valence-corrected chi connectivity index (χ4v) is 4.81. The van der Waals surface area contributed by atoms with Crippen LogP contribution in [0, 0.1) is 0 Å². The highest BCUT2D eigenvalue weighted by molar-refractivity contribution is 7.99. The van der Waals surface area contributed by atoms with E-state index in [2.05, 4.69) is 20.7 Å². The number of nitrogens with zero attached hydrogens (tertiary/aromatic N) is 4. The SMILES string of the molecule is COc1ccc(-n2c(SCC(=O)N/N=C/c3ccc(OC)c(OCc4ccccc4)c3)nnc2-c2ccccc2)cc1. The van der Waals surface area contributed by atoms with Crippen LogP contribution in [-0.2, 0) is 11.4 Å². The Morgan fingerprint density at radius 3 is 2.33 bits per heavy atom. The van der Waals surface area contributed by atoms with E-state index in [-0.39, 0.29) is 11.7 Å². The normalized spacial score (nSPS) is 10.9. The molecule has 42 heavy (non-hydrogen) atoms. The van der Waals surface area contributed by atoms with Crippen molar-refractivity contribution < 1.29 is 19.0 Å². The summed E-state index contributed by atoms with van der Waals surface area (Å²) in [5, 5.41) is 13.5. The molecule has 5 rings (SSSR count). The molecular formula is C32H29N5O4S. The van der Waals surface area contributed by atoms with E-state index in [0.717, 1.165) is 28.1 Å². The highest BCUT2D eigenvalue weighted by atomic mass is 32.2. The first kappa shape index (κ1) is 28.4. The first-order valence-electron chi connectivity index (χ1n) is 13.1. The summed E-state index contributed by atoms with van der Waals surface area (Å²) in [5.41, 5.74) is 6.14. The zero-order valence-corrected chi connectivity index (χ0v) is 24.0. The predicted octanol–water partition coefficient (Wildman–Crippen LogP) is 5.77. The summed E-state index contributed by atoms with van der Waals surface area (Å²) < 4.78 is 18.6. The van der Waals surface area contributed by atoms with Gasteiger partial charge in [0, 0.05) is 11.3 Å². The van der Waals surface area contributed by atoms with Crippen LogP contribution < -0.4 is 19.6 Å². The number of hydrogen-bond acceptors (Lipinski definition) is 8. The second-order valence-corrected chi connectivity index (χ2v) is 9.91. The van der Waals surface area contributed by atoms with Gasteiger partial charge in [-0.1, -0.05) is 72.4 Å². The van der Waals surface area contributed by atoms with E-state index in [4.69, 9.17) is 14.2 Å². The molecule has 9 nitrogen and oxygen atoms in total. The van der Waals surface area contributed by atoms with Crippen LogP contribution in [0.1, 0.15) is 11.1 Å². The van der Waals surface area contributed by atoms with Crippen LogP contribution in [0.3, 0.4) is 0 Å². The van der Waals surface area contributed by atoms with E-state index in [1.807, 2.05) is 102 Å². The molecule has 0 aliphatic carbocycles. The van der Waals surface area contributed by atoms with Gasteiger partial charge in [-0.05, 0) is 53.6 Å². The van der Waals surface area contributed by atoms with Crippen LogP contribution in [0.4, 0.5) is 0 Å². The van der Waals surface area contributed by atoms with Crippen molar-refractivity contribution in [2.24, 2.45) is 5.10 Å². The number of benzene rings is 4. The number of aromatic nitrogens is 3. The van der Waals surface area contributed by atoms with E-state index in [9.17, 15) is 4.79 Å². The van der Waals surface area contributed by atoms with Gasteiger partial charge in [-0.3, -0.25) is 9.36 Å². The van der Waals surface area contributed by atoms with Gasteiger partial charge in [0.25, 0.3) is 5.91 Å². The Morgan fingerprint density at radius 2 is 1.62 bits per heavy atom. The molecule has 0 saturated heterocycles. The van der Waals surface area contributed by atoms with Gasteiger partial charge in [-0.15, -0.1) is 10.2 Å². The van der Waals surface area contributed by atoms with Crippen LogP contribution in [-0.4, -0.2) is 46.9 Å². The van der Waals surface area contributed by atoms with Crippen LogP contribution in [0.25, 0.3) is 17.1 Å². The van der Waals surface area contributed by atoms with E-state index in [1.165, 1.54) is 11.8 Å². The second kappa shape index (κ2) is 14.0. The lowest BCUT2D eigenvalue weighted by Crippen LogP contribution is -2.20. The molecule has 0 bridgehead atoms. The Balaban J connectivity index is 1.24. The first-order valence-corrected chi connectivity index (χ1v) is 14.1. The third-order valence-electron chi connectivity index (χ3n) is 6.16. The number of nitrogens with one attached hydrogen (secondary N) is 1. The van der Waals surface area contributed by atoms with E-state index in [1.54, 1.807) is 26.5 Å². The van der Waals surface area contributed by atoms with Gasteiger partial charge in [-0.2, -0.15) is 5.10 Å². The van der Waals surface area contributed by atoms with E-state index >= 15 is 0 Å². The first-order chi connectivity index (χ1) is 20.6. The number of hydrogen-bond donors (Lipinski definition) is 1. The number of thioether (sulfide) groups is 1. The summed E-state index contributed by atoms with van der Waals surface area (Å²) in [6.07, 6.45) is 1.56. The minimum absolute atomic E-state index is 0.0917. The lowest BCUT2D eigenvalue weighted by molar-refractivity contribution is -0.118. The molecule has 0 spiro atoms. The Hall–Kier alpha value is -5.09. The molecule has 1 aromatic heterocycles. The Kier molecular flexibility index (Phi) is 9.48. The molecule has 1 amide bonds. The molecule has 5 aromatic rings. The number of rotatable bonds is 12. The average Bonchev–Trinajstić information content (AvgIpc) is 3.48. The number of amides is 1. The predicted molar refractivity (Wildman–Crippen MR) is 164 cm³/mol. The van der Waals surface area contributed by atoms with Crippen molar-refractivity contribution in [3.63, 3.8) is 0 Å².